The molecule has 0 bridgehead atoms. The zero-order valence-corrected chi connectivity index (χ0v) is 14.6. The molecule has 0 atom stereocenters. The van der Waals surface area contributed by atoms with Crippen molar-refractivity contribution in [2.24, 2.45) is 0 Å². The van der Waals surface area contributed by atoms with Crippen molar-refractivity contribution in [3.8, 4) is 0 Å². The van der Waals surface area contributed by atoms with Crippen LogP contribution in [0.25, 0.3) is 21.9 Å². The quantitative estimate of drug-likeness (QED) is 0.398. The van der Waals surface area contributed by atoms with E-state index >= 15 is 0 Å². The summed E-state index contributed by atoms with van der Waals surface area (Å²) in [4.78, 5) is 0. The van der Waals surface area contributed by atoms with Gasteiger partial charge in [-0.1, -0.05) is 72.8 Å². The van der Waals surface area contributed by atoms with Crippen LogP contribution in [0, 0.1) is 0 Å². The molecule has 5 aromatic rings. The smallest absolute Gasteiger partial charge is 0.135 e. The molecule has 1 heterocycles. The van der Waals surface area contributed by atoms with Crippen LogP contribution in [0.1, 0.15) is 22.3 Å². The van der Waals surface area contributed by atoms with Gasteiger partial charge in [0.15, 0.2) is 0 Å². The number of nitrogens with two attached hydrogens (primary N) is 1. The highest BCUT2D eigenvalue weighted by Gasteiger charge is 2.47. The van der Waals surface area contributed by atoms with Gasteiger partial charge in [0.1, 0.15) is 11.2 Å². The Kier molecular flexibility index (Phi) is 2.72. The van der Waals surface area contributed by atoms with Gasteiger partial charge < -0.3 is 10.2 Å². The van der Waals surface area contributed by atoms with E-state index < -0.39 is 5.41 Å². The Bertz CT molecular complexity index is 1280. The molecule has 128 valence electrons. The van der Waals surface area contributed by atoms with E-state index in [9.17, 15) is 0 Å². The van der Waals surface area contributed by atoms with Crippen LogP contribution in [0.4, 0.5) is 5.69 Å². The monoisotopic (exact) mass is 347 g/mol. The van der Waals surface area contributed by atoms with Crippen molar-refractivity contribution < 1.29 is 4.42 Å². The number of furan rings is 1. The Hall–Kier alpha value is -3.52. The third kappa shape index (κ3) is 1.65. The molecule has 0 spiro atoms. The maximum Gasteiger partial charge on any atom is 0.135 e. The molecule has 0 radical (unpaired) electrons. The van der Waals surface area contributed by atoms with Crippen molar-refractivity contribution in [2.45, 2.75) is 5.41 Å². The lowest BCUT2D eigenvalue weighted by atomic mass is 9.67. The van der Waals surface area contributed by atoms with E-state index in [-0.39, 0.29) is 0 Å². The van der Waals surface area contributed by atoms with Gasteiger partial charge in [-0.05, 0) is 34.9 Å². The lowest BCUT2D eigenvalue weighted by Gasteiger charge is -2.35. The predicted octanol–water partition coefficient (Wildman–Crippen LogP) is 5.86. The predicted molar refractivity (Wildman–Crippen MR) is 110 cm³/mol. The molecule has 2 heteroatoms. The Morgan fingerprint density at radius 3 is 1.89 bits per heavy atom. The largest absolute Gasteiger partial charge is 0.456 e. The maximum absolute atomic E-state index is 6.64. The van der Waals surface area contributed by atoms with Gasteiger partial charge in [-0.15, -0.1) is 0 Å². The molecule has 0 amide bonds. The molecule has 0 aliphatic heterocycles. The van der Waals surface area contributed by atoms with E-state index in [1.54, 1.807) is 0 Å². The summed E-state index contributed by atoms with van der Waals surface area (Å²) in [5.74, 6) is 0. The van der Waals surface area contributed by atoms with Crippen LogP contribution < -0.4 is 5.73 Å². The number of rotatable bonds is 2. The van der Waals surface area contributed by atoms with E-state index in [4.69, 9.17) is 10.2 Å². The Morgan fingerprint density at radius 2 is 1.22 bits per heavy atom. The van der Waals surface area contributed by atoms with E-state index in [0.29, 0.717) is 0 Å². The minimum absolute atomic E-state index is 0.437. The second kappa shape index (κ2) is 5.01. The maximum atomic E-state index is 6.64. The van der Waals surface area contributed by atoms with Crippen LogP contribution in [0.15, 0.2) is 95.4 Å². The van der Waals surface area contributed by atoms with Crippen LogP contribution in [0.2, 0.25) is 0 Å². The van der Waals surface area contributed by atoms with E-state index in [0.717, 1.165) is 27.8 Å². The molecule has 4 aromatic carbocycles. The number of hydrogen-bond acceptors (Lipinski definition) is 2. The zero-order valence-electron chi connectivity index (χ0n) is 14.6. The average molecular weight is 347 g/mol. The van der Waals surface area contributed by atoms with Crippen LogP contribution in [0.5, 0.6) is 0 Å². The number of benzene rings is 4. The second-order valence-corrected chi connectivity index (χ2v) is 7.17. The van der Waals surface area contributed by atoms with Crippen molar-refractivity contribution in [1.82, 2.24) is 0 Å². The van der Waals surface area contributed by atoms with Crippen molar-refractivity contribution in [3.05, 3.63) is 113 Å². The Morgan fingerprint density at radius 1 is 0.593 bits per heavy atom. The molecule has 1 aliphatic carbocycles. The molecular weight excluding hydrogens is 330 g/mol. The second-order valence-electron chi connectivity index (χ2n) is 7.17. The van der Waals surface area contributed by atoms with E-state index in [2.05, 4.69) is 72.8 Å². The number of hydrogen-bond donors (Lipinski definition) is 1. The highest BCUT2D eigenvalue weighted by atomic mass is 16.3. The van der Waals surface area contributed by atoms with Crippen molar-refractivity contribution in [2.75, 3.05) is 5.73 Å². The molecule has 2 nitrogen and oxygen atoms in total. The summed E-state index contributed by atoms with van der Waals surface area (Å²) in [5, 5.41) is 2.33. The topological polar surface area (TPSA) is 39.2 Å². The van der Waals surface area contributed by atoms with Gasteiger partial charge in [0.05, 0.1) is 5.41 Å². The molecule has 27 heavy (non-hydrogen) atoms. The van der Waals surface area contributed by atoms with Gasteiger partial charge in [-0.3, -0.25) is 0 Å². The van der Waals surface area contributed by atoms with Gasteiger partial charge in [-0.2, -0.15) is 0 Å². The molecule has 0 saturated heterocycles. The van der Waals surface area contributed by atoms with Gasteiger partial charge in [0.25, 0.3) is 0 Å². The standard InChI is InChI=1S/C25H17NO/c26-19-14-15-21-23-22-18(12-7-13-20(22)27-21)25(24(19)23,16-8-3-1-4-9-16)17-10-5-2-6-11-17/h1-15H,26H2. The Labute approximate surface area is 156 Å². The Balaban J connectivity index is 1.91. The number of anilines is 1. The minimum atomic E-state index is -0.437. The SMILES string of the molecule is Nc1ccc2oc3cccc4c3c2c1C4(c1ccccc1)c1ccccc1. The fourth-order valence-electron chi connectivity index (χ4n) is 4.92. The third-order valence-corrected chi connectivity index (χ3v) is 5.89. The van der Waals surface area contributed by atoms with E-state index in [1.807, 2.05) is 18.2 Å². The van der Waals surface area contributed by atoms with Gasteiger partial charge in [-0.25, -0.2) is 0 Å². The summed E-state index contributed by atoms with van der Waals surface area (Å²) < 4.78 is 6.14. The lowest BCUT2D eigenvalue weighted by molar-refractivity contribution is 0.664. The van der Waals surface area contributed by atoms with Crippen LogP contribution >= 0.6 is 0 Å². The highest BCUT2D eigenvalue weighted by molar-refractivity contribution is 6.16. The molecule has 0 unspecified atom stereocenters. The lowest BCUT2D eigenvalue weighted by Crippen LogP contribution is -2.29. The first-order valence-electron chi connectivity index (χ1n) is 9.17. The molecule has 1 aromatic heterocycles. The van der Waals surface area contributed by atoms with Crippen molar-refractivity contribution in [1.29, 1.82) is 0 Å². The van der Waals surface area contributed by atoms with Crippen molar-refractivity contribution >= 4 is 27.6 Å². The zero-order chi connectivity index (χ0) is 18.0. The highest BCUT2D eigenvalue weighted by Crippen LogP contribution is 2.58. The summed E-state index contributed by atoms with van der Waals surface area (Å²) in [5.41, 5.74) is 13.6. The minimum Gasteiger partial charge on any atom is -0.456 e. The first-order chi connectivity index (χ1) is 13.3. The van der Waals surface area contributed by atoms with Gasteiger partial charge in [0.2, 0.25) is 0 Å². The molecule has 6 rings (SSSR count). The van der Waals surface area contributed by atoms with Crippen LogP contribution in [0.3, 0.4) is 0 Å². The van der Waals surface area contributed by atoms with Gasteiger partial charge in [0, 0.05) is 22.0 Å². The molecule has 0 saturated carbocycles. The fraction of sp³-hybridized carbons (Fsp3) is 0.0400. The van der Waals surface area contributed by atoms with E-state index in [1.165, 1.54) is 22.1 Å². The summed E-state index contributed by atoms with van der Waals surface area (Å²) in [6.07, 6.45) is 0. The summed E-state index contributed by atoms with van der Waals surface area (Å²) in [7, 11) is 0. The van der Waals surface area contributed by atoms with Crippen LogP contribution in [-0.2, 0) is 5.41 Å². The summed E-state index contributed by atoms with van der Waals surface area (Å²) in [6.45, 7) is 0. The third-order valence-electron chi connectivity index (χ3n) is 5.89. The molecule has 2 N–H and O–H groups in total. The number of nitrogen functional groups attached to an aromatic ring is 1. The first kappa shape index (κ1) is 14.6. The normalized spacial score (nSPS) is 14.4. The molecule has 0 fully saturated rings. The van der Waals surface area contributed by atoms with Crippen LogP contribution in [-0.4, -0.2) is 0 Å². The van der Waals surface area contributed by atoms with Gasteiger partial charge >= 0.3 is 0 Å². The summed E-state index contributed by atoms with van der Waals surface area (Å²) >= 11 is 0. The molecular formula is C25H17NO. The molecule has 1 aliphatic rings. The average Bonchev–Trinajstić information content (AvgIpc) is 3.26. The fourth-order valence-corrected chi connectivity index (χ4v) is 4.92. The van der Waals surface area contributed by atoms with Crippen molar-refractivity contribution in [3.63, 3.8) is 0 Å². The first-order valence-corrected chi connectivity index (χ1v) is 9.17. The summed E-state index contributed by atoms with van der Waals surface area (Å²) in [6, 6.07) is 31.6.